The van der Waals surface area contributed by atoms with Crippen molar-refractivity contribution >= 4 is 17.1 Å². The van der Waals surface area contributed by atoms with Crippen molar-refractivity contribution in [1.82, 2.24) is 0 Å². The maximum atomic E-state index is 13.0. The van der Waals surface area contributed by atoms with Crippen LogP contribution >= 0.6 is 0 Å². The SMILES string of the molecule is FC(F)(F)c1ccc(N2CN(c3ccc(C(F)(F)F)cc3)CN(c3ccc(C(F)(F)F)cc3)C2)cc1. The number of alkyl halides is 9. The number of benzene rings is 3. The van der Waals surface area contributed by atoms with Crippen molar-refractivity contribution in [2.75, 3.05) is 34.7 Å². The molecule has 1 heterocycles. The van der Waals surface area contributed by atoms with Gasteiger partial charge in [0.05, 0.1) is 36.7 Å². The molecule has 0 aromatic heterocycles. The van der Waals surface area contributed by atoms with Gasteiger partial charge in [-0.05, 0) is 72.8 Å². The van der Waals surface area contributed by atoms with E-state index < -0.39 is 35.2 Å². The summed E-state index contributed by atoms with van der Waals surface area (Å²) in [6.45, 7) is 0.357. The lowest BCUT2D eigenvalue weighted by Gasteiger charge is -2.45. The minimum atomic E-state index is -4.53. The van der Waals surface area contributed by atoms with Gasteiger partial charge < -0.3 is 14.7 Å². The number of rotatable bonds is 3. The number of anilines is 3. The molecule has 1 aliphatic heterocycles. The van der Waals surface area contributed by atoms with Gasteiger partial charge in [0.2, 0.25) is 0 Å². The maximum absolute atomic E-state index is 13.0. The Bertz CT molecular complexity index is 1010. The normalized spacial score (nSPS) is 15.4. The van der Waals surface area contributed by atoms with Crippen LogP contribution in [0.3, 0.4) is 0 Å². The molecular formula is C24H18F9N3. The summed E-state index contributed by atoms with van der Waals surface area (Å²) in [5.74, 6) is 0. The molecule has 3 aromatic rings. The molecule has 3 nitrogen and oxygen atoms in total. The Morgan fingerprint density at radius 3 is 0.722 bits per heavy atom. The Balaban J connectivity index is 1.65. The van der Waals surface area contributed by atoms with Crippen molar-refractivity contribution in [3.05, 3.63) is 89.5 Å². The summed E-state index contributed by atoms with van der Waals surface area (Å²) in [5.41, 5.74) is -1.34. The van der Waals surface area contributed by atoms with E-state index in [0.717, 1.165) is 36.4 Å². The second-order valence-electron chi connectivity index (χ2n) is 8.18. The summed E-state index contributed by atoms with van der Waals surface area (Å²) in [6.07, 6.45) is -13.6. The predicted octanol–water partition coefficient (Wildman–Crippen LogP) is 7.45. The molecule has 0 aliphatic carbocycles. The average molecular weight is 519 g/mol. The van der Waals surface area contributed by atoms with E-state index in [1.54, 1.807) is 14.7 Å². The molecule has 1 fully saturated rings. The molecule has 1 saturated heterocycles. The van der Waals surface area contributed by atoms with E-state index in [1.807, 2.05) is 0 Å². The third-order valence-corrected chi connectivity index (χ3v) is 5.70. The van der Waals surface area contributed by atoms with E-state index in [4.69, 9.17) is 0 Å². The first-order chi connectivity index (χ1) is 16.7. The molecule has 36 heavy (non-hydrogen) atoms. The van der Waals surface area contributed by atoms with Gasteiger partial charge in [0.15, 0.2) is 0 Å². The van der Waals surface area contributed by atoms with Gasteiger partial charge >= 0.3 is 18.5 Å². The molecule has 0 amide bonds. The van der Waals surface area contributed by atoms with Crippen molar-refractivity contribution in [2.24, 2.45) is 0 Å². The third kappa shape index (κ3) is 5.63. The van der Waals surface area contributed by atoms with Gasteiger partial charge in [-0.15, -0.1) is 0 Å². The van der Waals surface area contributed by atoms with Crippen molar-refractivity contribution in [1.29, 1.82) is 0 Å². The van der Waals surface area contributed by atoms with Crippen LogP contribution in [0.5, 0.6) is 0 Å². The van der Waals surface area contributed by atoms with Crippen molar-refractivity contribution in [2.45, 2.75) is 18.5 Å². The number of nitrogens with zero attached hydrogens (tertiary/aromatic N) is 3. The fourth-order valence-corrected chi connectivity index (χ4v) is 3.83. The molecule has 4 rings (SSSR count). The first kappa shape index (κ1) is 25.5. The zero-order valence-corrected chi connectivity index (χ0v) is 18.3. The second-order valence-corrected chi connectivity index (χ2v) is 8.18. The second kappa shape index (κ2) is 9.14. The zero-order chi connectivity index (χ0) is 26.3. The average Bonchev–Trinajstić information content (AvgIpc) is 2.82. The third-order valence-electron chi connectivity index (χ3n) is 5.70. The fourth-order valence-electron chi connectivity index (χ4n) is 3.83. The molecule has 0 spiro atoms. The number of hydrogen-bond acceptors (Lipinski definition) is 3. The molecule has 0 atom stereocenters. The highest BCUT2D eigenvalue weighted by Crippen LogP contribution is 2.35. The van der Waals surface area contributed by atoms with E-state index >= 15 is 0 Å². The van der Waals surface area contributed by atoms with Crippen molar-refractivity contribution in [3.63, 3.8) is 0 Å². The lowest BCUT2D eigenvalue weighted by atomic mass is 10.1. The Morgan fingerprint density at radius 1 is 0.361 bits per heavy atom. The van der Waals surface area contributed by atoms with Crippen LogP contribution in [-0.2, 0) is 18.5 Å². The largest absolute Gasteiger partial charge is 0.416 e. The van der Waals surface area contributed by atoms with E-state index in [1.165, 1.54) is 36.4 Å². The fraction of sp³-hybridized carbons (Fsp3) is 0.250. The van der Waals surface area contributed by atoms with Crippen molar-refractivity contribution in [3.8, 4) is 0 Å². The Kier molecular flexibility index (Phi) is 6.48. The molecule has 0 radical (unpaired) electrons. The molecule has 0 bridgehead atoms. The minimum Gasteiger partial charge on any atom is -0.336 e. The van der Waals surface area contributed by atoms with Crippen LogP contribution < -0.4 is 14.7 Å². The summed E-state index contributed by atoms with van der Waals surface area (Å²) in [7, 11) is 0. The lowest BCUT2D eigenvalue weighted by molar-refractivity contribution is -0.138. The molecule has 3 aromatic carbocycles. The van der Waals surface area contributed by atoms with E-state index in [9.17, 15) is 39.5 Å². The van der Waals surface area contributed by atoms with E-state index in [2.05, 4.69) is 0 Å². The van der Waals surface area contributed by atoms with Crippen molar-refractivity contribution < 1.29 is 39.5 Å². The minimum absolute atomic E-state index is 0.119. The monoisotopic (exact) mass is 519 g/mol. The standard InChI is InChI=1S/C24H18F9N3/c25-22(26,27)16-1-7-19(8-2-16)34-13-35(20-9-3-17(4-10-20)23(28,29)30)15-36(14-34)21-11-5-18(6-12-21)24(31,32)33/h1-12H,13-15H2. The summed E-state index contributed by atoms with van der Waals surface area (Å²) >= 11 is 0. The van der Waals surface area contributed by atoms with Gasteiger partial charge in [-0.25, -0.2) is 0 Å². The zero-order valence-electron chi connectivity index (χ0n) is 18.3. The Morgan fingerprint density at radius 2 is 0.556 bits per heavy atom. The van der Waals surface area contributed by atoms with Crippen LogP contribution in [0.25, 0.3) is 0 Å². The van der Waals surface area contributed by atoms with Crippen LogP contribution in [0, 0.1) is 0 Å². The van der Waals surface area contributed by atoms with Crippen LogP contribution in [0.15, 0.2) is 72.8 Å². The van der Waals surface area contributed by atoms with Crippen LogP contribution in [-0.4, -0.2) is 20.0 Å². The highest BCUT2D eigenvalue weighted by molar-refractivity contribution is 5.59. The molecular weight excluding hydrogens is 501 g/mol. The molecule has 0 saturated carbocycles. The highest BCUT2D eigenvalue weighted by Gasteiger charge is 2.33. The van der Waals surface area contributed by atoms with Crippen LogP contribution in [0.1, 0.15) is 16.7 Å². The van der Waals surface area contributed by atoms with Gasteiger partial charge in [-0.3, -0.25) is 0 Å². The summed E-state index contributed by atoms with van der Waals surface area (Å²) < 4.78 is 117. The smallest absolute Gasteiger partial charge is 0.336 e. The number of halogens is 9. The first-order valence-corrected chi connectivity index (χ1v) is 10.5. The molecule has 0 unspecified atom stereocenters. The summed E-state index contributed by atoms with van der Waals surface area (Å²) in [6, 6.07) is 13.1. The molecule has 1 aliphatic rings. The maximum Gasteiger partial charge on any atom is 0.416 e. The van der Waals surface area contributed by atoms with Gasteiger partial charge in [0.25, 0.3) is 0 Å². The van der Waals surface area contributed by atoms with E-state index in [-0.39, 0.29) is 20.0 Å². The first-order valence-electron chi connectivity index (χ1n) is 10.5. The van der Waals surface area contributed by atoms with Gasteiger partial charge in [-0.2, -0.15) is 39.5 Å². The number of hydrogen-bond donors (Lipinski definition) is 0. The van der Waals surface area contributed by atoms with Crippen LogP contribution in [0.4, 0.5) is 56.6 Å². The topological polar surface area (TPSA) is 9.72 Å². The Hall–Kier alpha value is -3.57. The van der Waals surface area contributed by atoms with Gasteiger partial charge in [0, 0.05) is 17.1 Å². The Labute approximate surface area is 199 Å². The molecule has 12 heteroatoms. The van der Waals surface area contributed by atoms with Gasteiger partial charge in [0.1, 0.15) is 0 Å². The highest BCUT2D eigenvalue weighted by atomic mass is 19.4. The van der Waals surface area contributed by atoms with E-state index in [0.29, 0.717) is 17.1 Å². The molecule has 192 valence electrons. The predicted molar refractivity (Wildman–Crippen MR) is 116 cm³/mol. The van der Waals surface area contributed by atoms with Gasteiger partial charge in [-0.1, -0.05) is 0 Å². The molecule has 0 N–H and O–H groups in total. The quantitative estimate of drug-likeness (QED) is 0.333. The summed E-state index contributed by atoms with van der Waals surface area (Å²) in [4.78, 5) is 5.00. The summed E-state index contributed by atoms with van der Waals surface area (Å²) in [5, 5.41) is 0. The lowest BCUT2D eigenvalue weighted by Crippen LogP contribution is -2.55. The van der Waals surface area contributed by atoms with Crippen LogP contribution in [0.2, 0.25) is 0 Å².